The van der Waals surface area contributed by atoms with Gasteiger partial charge in [0, 0.05) is 12.4 Å². The van der Waals surface area contributed by atoms with Gasteiger partial charge in [-0.05, 0) is 6.42 Å². The fourth-order valence-electron chi connectivity index (χ4n) is 1.60. The molecule has 1 aromatic heterocycles. The number of ether oxygens (including phenoxy) is 2. The van der Waals surface area contributed by atoms with Crippen molar-refractivity contribution in [2.45, 2.75) is 25.4 Å². The summed E-state index contributed by atoms with van der Waals surface area (Å²) in [7, 11) is -3.93. The van der Waals surface area contributed by atoms with Crippen molar-refractivity contribution in [1.29, 1.82) is 0 Å². The third-order valence-corrected chi connectivity index (χ3v) is 3.18. The third kappa shape index (κ3) is 4.08. The summed E-state index contributed by atoms with van der Waals surface area (Å²) in [6.45, 7) is 0.858. The predicted molar refractivity (Wildman–Crippen MR) is 57.9 cm³/mol. The fourth-order valence-corrected chi connectivity index (χ4v) is 2.16. The summed E-state index contributed by atoms with van der Waals surface area (Å²) in [5.41, 5.74) is 0. The Hall–Kier alpha value is -0.960. The maximum atomic E-state index is 10.6. The van der Waals surface area contributed by atoms with Gasteiger partial charge in [0.2, 0.25) is 0 Å². The van der Waals surface area contributed by atoms with Crippen LogP contribution in [0, 0.1) is 0 Å². The van der Waals surface area contributed by atoms with Crippen LogP contribution in [0.5, 0.6) is 0 Å². The monoisotopic (exact) mass is 262 g/mol. The maximum Gasteiger partial charge on any atom is 0.264 e. The molecule has 1 fully saturated rings. The van der Waals surface area contributed by atoms with Crippen LogP contribution in [0.2, 0.25) is 0 Å². The normalized spacial score (nSPS) is 25.2. The highest BCUT2D eigenvalue weighted by molar-refractivity contribution is 7.85. The molecule has 8 heteroatoms. The number of nitrogens with zero attached hydrogens (tertiary/aromatic N) is 2. The highest BCUT2D eigenvalue weighted by Gasteiger charge is 2.27. The molecule has 0 radical (unpaired) electrons. The lowest BCUT2D eigenvalue weighted by atomic mass is 10.3. The second kappa shape index (κ2) is 5.13. The average molecular weight is 262 g/mol. The molecule has 0 saturated carbocycles. The van der Waals surface area contributed by atoms with Gasteiger partial charge in [0.15, 0.2) is 6.29 Å². The van der Waals surface area contributed by atoms with E-state index in [2.05, 4.69) is 4.98 Å². The molecule has 1 aliphatic rings. The first-order chi connectivity index (χ1) is 8.03. The molecule has 2 heterocycles. The molecule has 1 aromatic rings. The molecule has 1 N–H and O–H groups in total. The minimum absolute atomic E-state index is 0.235. The van der Waals surface area contributed by atoms with Crippen molar-refractivity contribution in [2.75, 3.05) is 12.4 Å². The summed E-state index contributed by atoms with van der Waals surface area (Å²) < 4.78 is 42.4. The van der Waals surface area contributed by atoms with E-state index in [-0.39, 0.29) is 18.3 Å². The summed E-state index contributed by atoms with van der Waals surface area (Å²) in [5, 5.41) is 0. The number of imidazole rings is 1. The Balaban J connectivity index is 1.76. The van der Waals surface area contributed by atoms with E-state index in [9.17, 15) is 8.42 Å². The molecular weight excluding hydrogens is 248 g/mol. The highest BCUT2D eigenvalue weighted by atomic mass is 32.2. The van der Waals surface area contributed by atoms with Gasteiger partial charge in [-0.1, -0.05) is 0 Å². The number of rotatable bonds is 5. The standard InChI is InChI=1S/C9H14N2O5S/c12-17(13,14)4-1-8-6-15-9(16-8)5-11-3-2-10-7-11/h2-3,7-9H,1,4-6H2,(H,12,13,14). The molecule has 1 aliphatic heterocycles. The summed E-state index contributed by atoms with van der Waals surface area (Å²) in [5.74, 6) is -0.307. The highest BCUT2D eigenvalue weighted by Crippen LogP contribution is 2.16. The molecule has 0 aliphatic carbocycles. The molecule has 0 bridgehead atoms. The Morgan fingerprint density at radius 3 is 3.00 bits per heavy atom. The van der Waals surface area contributed by atoms with Gasteiger partial charge in [-0.3, -0.25) is 4.55 Å². The topological polar surface area (TPSA) is 90.7 Å². The molecule has 7 nitrogen and oxygen atoms in total. The minimum Gasteiger partial charge on any atom is -0.348 e. The molecule has 2 atom stereocenters. The van der Waals surface area contributed by atoms with Crippen molar-refractivity contribution < 1.29 is 22.4 Å². The van der Waals surface area contributed by atoms with Gasteiger partial charge in [0.05, 0.1) is 31.3 Å². The molecule has 2 rings (SSSR count). The van der Waals surface area contributed by atoms with E-state index in [1.54, 1.807) is 18.7 Å². The smallest absolute Gasteiger partial charge is 0.264 e. The first-order valence-corrected chi connectivity index (χ1v) is 6.82. The van der Waals surface area contributed by atoms with Crippen molar-refractivity contribution in [2.24, 2.45) is 0 Å². The second-order valence-corrected chi connectivity index (χ2v) is 5.43. The minimum atomic E-state index is -3.93. The summed E-state index contributed by atoms with van der Waals surface area (Å²) in [6.07, 6.45) is 4.65. The molecular formula is C9H14N2O5S. The fraction of sp³-hybridized carbons (Fsp3) is 0.667. The zero-order valence-corrected chi connectivity index (χ0v) is 9.91. The average Bonchev–Trinajstić information content (AvgIpc) is 2.86. The van der Waals surface area contributed by atoms with Crippen LogP contribution in [-0.4, -0.2) is 47.3 Å². The van der Waals surface area contributed by atoms with Gasteiger partial charge in [0.25, 0.3) is 10.1 Å². The summed E-state index contributed by atoms with van der Waals surface area (Å²) >= 11 is 0. The predicted octanol–water partition coefficient (Wildman–Crippen LogP) is -0.0975. The van der Waals surface area contributed by atoms with Crippen molar-refractivity contribution in [3.63, 3.8) is 0 Å². The largest absolute Gasteiger partial charge is 0.348 e. The van der Waals surface area contributed by atoms with Crippen molar-refractivity contribution in [3.05, 3.63) is 18.7 Å². The van der Waals surface area contributed by atoms with Gasteiger partial charge in [-0.25, -0.2) is 4.98 Å². The van der Waals surface area contributed by atoms with E-state index in [1.807, 2.05) is 4.57 Å². The number of hydrogen-bond acceptors (Lipinski definition) is 5. The Kier molecular flexibility index (Phi) is 3.77. The lowest BCUT2D eigenvalue weighted by Crippen LogP contribution is -2.19. The van der Waals surface area contributed by atoms with Crippen LogP contribution >= 0.6 is 0 Å². The van der Waals surface area contributed by atoms with Crippen LogP contribution in [0.25, 0.3) is 0 Å². The Morgan fingerprint density at radius 1 is 1.53 bits per heavy atom. The van der Waals surface area contributed by atoms with Gasteiger partial charge in [0.1, 0.15) is 0 Å². The Labute approximate surface area is 99.1 Å². The zero-order valence-electron chi connectivity index (χ0n) is 9.10. The van der Waals surface area contributed by atoms with E-state index in [0.29, 0.717) is 13.2 Å². The molecule has 2 unspecified atom stereocenters. The van der Waals surface area contributed by atoms with Crippen LogP contribution in [-0.2, 0) is 26.1 Å². The lowest BCUT2D eigenvalue weighted by molar-refractivity contribution is -0.0675. The first-order valence-electron chi connectivity index (χ1n) is 5.21. The van der Waals surface area contributed by atoms with Crippen molar-refractivity contribution in [1.82, 2.24) is 9.55 Å². The molecule has 1 saturated heterocycles. The Morgan fingerprint density at radius 2 is 2.35 bits per heavy atom. The third-order valence-electron chi connectivity index (χ3n) is 2.43. The van der Waals surface area contributed by atoms with Crippen LogP contribution in [0.15, 0.2) is 18.7 Å². The molecule has 96 valence electrons. The van der Waals surface area contributed by atoms with E-state index < -0.39 is 16.4 Å². The van der Waals surface area contributed by atoms with E-state index in [0.717, 1.165) is 0 Å². The second-order valence-electron chi connectivity index (χ2n) is 3.86. The molecule has 0 spiro atoms. The summed E-state index contributed by atoms with van der Waals surface area (Å²) in [6, 6.07) is 0. The van der Waals surface area contributed by atoms with E-state index >= 15 is 0 Å². The van der Waals surface area contributed by atoms with Crippen molar-refractivity contribution in [3.8, 4) is 0 Å². The van der Waals surface area contributed by atoms with Crippen LogP contribution < -0.4 is 0 Å². The van der Waals surface area contributed by atoms with Crippen LogP contribution in [0.3, 0.4) is 0 Å². The number of hydrogen-bond donors (Lipinski definition) is 1. The first kappa shape index (κ1) is 12.5. The number of aromatic nitrogens is 2. The molecule has 0 amide bonds. The van der Waals surface area contributed by atoms with Gasteiger partial charge < -0.3 is 14.0 Å². The van der Waals surface area contributed by atoms with Gasteiger partial charge in [-0.2, -0.15) is 8.42 Å². The molecule has 0 aromatic carbocycles. The lowest BCUT2D eigenvalue weighted by Gasteiger charge is -2.11. The van der Waals surface area contributed by atoms with E-state index in [1.165, 1.54) is 0 Å². The quantitative estimate of drug-likeness (QED) is 0.745. The van der Waals surface area contributed by atoms with E-state index in [4.69, 9.17) is 14.0 Å². The van der Waals surface area contributed by atoms with Crippen LogP contribution in [0.1, 0.15) is 6.42 Å². The van der Waals surface area contributed by atoms with Crippen LogP contribution in [0.4, 0.5) is 0 Å². The zero-order chi connectivity index (χ0) is 12.3. The van der Waals surface area contributed by atoms with Gasteiger partial charge >= 0.3 is 0 Å². The maximum absolute atomic E-state index is 10.6. The Bertz CT molecular complexity index is 444. The van der Waals surface area contributed by atoms with Gasteiger partial charge in [-0.15, -0.1) is 0 Å². The SMILES string of the molecule is O=S(=O)(O)CCC1COC(Cn2ccnc2)O1. The van der Waals surface area contributed by atoms with Crippen molar-refractivity contribution >= 4 is 10.1 Å². The molecule has 17 heavy (non-hydrogen) atoms. The summed E-state index contributed by atoms with van der Waals surface area (Å²) in [4.78, 5) is 3.89.